The topological polar surface area (TPSA) is 66.8 Å². The molecule has 1 atom stereocenters. The second kappa shape index (κ2) is 6.86. The highest BCUT2D eigenvalue weighted by atomic mass is 16.5. The molecule has 0 heterocycles. The van der Waals surface area contributed by atoms with E-state index in [4.69, 9.17) is 14.9 Å². The van der Waals surface area contributed by atoms with Crippen LogP contribution in [0.5, 0.6) is 0 Å². The molecule has 0 saturated carbocycles. The maximum absolute atomic E-state index is 11.1. The van der Waals surface area contributed by atoms with E-state index >= 15 is 0 Å². The van der Waals surface area contributed by atoms with E-state index in [1.54, 1.807) is 6.92 Å². The van der Waals surface area contributed by atoms with E-state index in [1.165, 1.54) is 0 Å². The van der Waals surface area contributed by atoms with Crippen molar-refractivity contribution in [3.8, 4) is 0 Å². The Labute approximate surface area is 78.5 Å². The minimum atomic E-state index is -1.61. The third kappa shape index (κ3) is 4.85. The quantitative estimate of drug-likeness (QED) is 0.477. The van der Waals surface area contributed by atoms with Crippen molar-refractivity contribution in [1.29, 1.82) is 0 Å². The van der Waals surface area contributed by atoms with Gasteiger partial charge >= 0.3 is 5.97 Å². The molecule has 0 rings (SSSR count). The van der Waals surface area contributed by atoms with Crippen LogP contribution in [0.3, 0.4) is 0 Å². The Morgan fingerprint density at radius 1 is 1.38 bits per heavy atom. The molecule has 0 amide bonds. The number of ether oxygens (including phenoxy) is 1. The maximum atomic E-state index is 11.1. The van der Waals surface area contributed by atoms with Crippen LogP contribution in [0.15, 0.2) is 0 Å². The highest BCUT2D eigenvalue weighted by Gasteiger charge is 2.25. The molecule has 0 fully saturated rings. The third-order valence-corrected chi connectivity index (χ3v) is 1.82. The zero-order valence-corrected chi connectivity index (χ0v) is 8.19. The van der Waals surface area contributed by atoms with Crippen LogP contribution in [0, 0.1) is 5.92 Å². The molecule has 78 valence electrons. The molecule has 4 nitrogen and oxygen atoms in total. The van der Waals surface area contributed by atoms with Gasteiger partial charge in [-0.3, -0.25) is 4.79 Å². The summed E-state index contributed by atoms with van der Waals surface area (Å²) in [5.41, 5.74) is 0. The van der Waals surface area contributed by atoms with Crippen molar-refractivity contribution < 1.29 is 19.7 Å². The molecule has 0 aromatic carbocycles. The van der Waals surface area contributed by atoms with Crippen molar-refractivity contribution in [3.05, 3.63) is 0 Å². The Kier molecular flexibility index (Phi) is 6.54. The molecule has 0 aliphatic heterocycles. The fourth-order valence-electron chi connectivity index (χ4n) is 1.06. The van der Waals surface area contributed by atoms with Crippen LogP contribution >= 0.6 is 0 Å². The average Bonchev–Trinajstić information content (AvgIpc) is 2.05. The molecule has 2 N–H and O–H groups in total. The molecule has 0 bridgehead atoms. The van der Waals surface area contributed by atoms with Crippen LogP contribution in [0.25, 0.3) is 0 Å². The van der Waals surface area contributed by atoms with E-state index in [1.807, 2.05) is 6.92 Å². The van der Waals surface area contributed by atoms with Gasteiger partial charge in [-0.25, -0.2) is 0 Å². The fraction of sp³-hybridized carbons (Fsp3) is 0.889. The summed E-state index contributed by atoms with van der Waals surface area (Å²) in [5, 5.41) is 17.8. The van der Waals surface area contributed by atoms with Gasteiger partial charge in [-0.05, 0) is 13.3 Å². The van der Waals surface area contributed by atoms with Crippen molar-refractivity contribution in [2.24, 2.45) is 5.92 Å². The predicted octanol–water partition coefficient (Wildman–Crippen LogP) is 0.667. The molecule has 13 heavy (non-hydrogen) atoms. The lowest BCUT2D eigenvalue weighted by atomic mass is 10.0. The van der Waals surface area contributed by atoms with E-state index in [9.17, 15) is 4.79 Å². The molecule has 0 aliphatic rings. The molecule has 0 aliphatic carbocycles. The summed E-state index contributed by atoms with van der Waals surface area (Å²) in [5.74, 6) is -1.31. The highest BCUT2D eigenvalue weighted by Crippen LogP contribution is 2.13. The summed E-state index contributed by atoms with van der Waals surface area (Å²) in [6, 6.07) is 0. The number of carbonyl (C=O) groups excluding carboxylic acids is 1. The molecular formula is C9H18O4. The van der Waals surface area contributed by atoms with Gasteiger partial charge < -0.3 is 14.9 Å². The third-order valence-electron chi connectivity index (χ3n) is 1.82. The number of unbranched alkanes of at least 4 members (excludes halogenated alkanes) is 1. The van der Waals surface area contributed by atoms with Gasteiger partial charge in [0.05, 0.1) is 6.61 Å². The van der Waals surface area contributed by atoms with Crippen LogP contribution in [-0.4, -0.2) is 29.1 Å². The SMILES string of the molecule is CCCCC(C(=O)OCC)C(O)O. The lowest BCUT2D eigenvalue weighted by molar-refractivity contribution is -0.165. The molecule has 1 unspecified atom stereocenters. The first-order valence-electron chi connectivity index (χ1n) is 4.66. The monoisotopic (exact) mass is 190 g/mol. The first-order chi connectivity index (χ1) is 6.13. The Morgan fingerprint density at radius 2 is 2.00 bits per heavy atom. The average molecular weight is 190 g/mol. The first-order valence-corrected chi connectivity index (χ1v) is 4.66. The summed E-state index contributed by atoms with van der Waals surface area (Å²) in [6.45, 7) is 3.94. The lowest BCUT2D eigenvalue weighted by Gasteiger charge is -2.16. The highest BCUT2D eigenvalue weighted by molar-refractivity contribution is 5.72. The van der Waals surface area contributed by atoms with E-state index < -0.39 is 18.2 Å². The number of hydrogen-bond acceptors (Lipinski definition) is 4. The van der Waals surface area contributed by atoms with Gasteiger partial charge in [0.15, 0.2) is 6.29 Å². The Hall–Kier alpha value is -0.610. The number of esters is 1. The van der Waals surface area contributed by atoms with Crippen molar-refractivity contribution in [2.45, 2.75) is 39.4 Å². The van der Waals surface area contributed by atoms with Crippen molar-refractivity contribution in [1.82, 2.24) is 0 Å². The van der Waals surface area contributed by atoms with Gasteiger partial charge in [0, 0.05) is 0 Å². The molecular weight excluding hydrogens is 172 g/mol. The second-order valence-electron chi connectivity index (χ2n) is 2.91. The Morgan fingerprint density at radius 3 is 2.38 bits per heavy atom. The normalized spacial score (nSPS) is 13.0. The van der Waals surface area contributed by atoms with Crippen LogP contribution in [-0.2, 0) is 9.53 Å². The minimum absolute atomic E-state index is 0.272. The van der Waals surface area contributed by atoms with Crippen LogP contribution < -0.4 is 0 Å². The maximum Gasteiger partial charge on any atom is 0.314 e. The van der Waals surface area contributed by atoms with Gasteiger partial charge in [-0.2, -0.15) is 0 Å². The standard InChI is InChI=1S/C9H18O4/c1-3-5-6-7(8(10)11)9(12)13-4-2/h7-8,10-11H,3-6H2,1-2H3. The number of hydrogen-bond donors (Lipinski definition) is 2. The van der Waals surface area contributed by atoms with Gasteiger partial charge in [0.25, 0.3) is 0 Å². The number of aliphatic hydroxyl groups is 2. The van der Waals surface area contributed by atoms with Crippen molar-refractivity contribution >= 4 is 5.97 Å². The predicted molar refractivity (Wildman–Crippen MR) is 47.9 cm³/mol. The molecule has 0 saturated heterocycles. The molecule has 4 heteroatoms. The lowest BCUT2D eigenvalue weighted by Crippen LogP contribution is -2.29. The zero-order chi connectivity index (χ0) is 10.3. The van der Waals surface area contributed by atoms with Crippen LogP contribution in [0.4, 0.5) is 0 Å². The number of rotatable bonds is 6. The Balaban J connectivity index is 3.99. The first kappa shape index (κ1) is 12.4. The minimum Gasteiger partial charge on any atom is -0.466 e. The second-order valence-corrected chi connectivity index (χ2v) is 2.91. The largest absolute Gasteiger partial charge is 0.466 e. The van der Waals surface area contributed by atoms with E-state index in [2.05, 4.69) is 0 Å². The summed E-state index contributed by atoms with van der Waals surface area (Å²) >= 11 is 0. The Bertz CT molecular complexity index is 145. The van der Waals surface area contributed by atoms with E-state index in [0.717, 1.165) is 12.8 Å². The molecule has 0 aromatic rings. The van der Waals surface area contributed by atoms with E-state index in [0.29, 0.717) is 6.42 Å². The summed E-state index contributed by atoms with van der Waals surface area (Å²) in [6.07, 6.45) is 0.571. The van der Waals surface area contributed by atoms with Gasteiger partial charge in [0.1, 0.15) is 5.92 Å². The van der Waals surface area contributed by atoms with Gasteiger partial charge in [-0.1, -0.05) is 19.8 Å². The smallest absolute Gasteiger partial charge is 0.314 e. The summed E-state index contributed by atoms with van der Waals surface area (Å²) < 4.78 is 4.70. The van der Waals surface area contributed by atoms with Crippen LogP contribution in [0.2, 0.25) is 0 Å². The van der Waals surface area contributed by atoms with Crippen molar-refractivity contribution in [3.63, 3.8) is 0 Å². The summed E-state index contributed by atoms with van der Waals surface area (Å²) in [7, 11) is 0. The molecule has 0 radical (unpaired) electrons. The molecule has 0 aromatic heterocycles. The fourth-order valence-corrected chi connectivity index (χ4v) is 1.06. The number of aliphatic hydroxyl groups excluding tert-OH is 1. The van der Waals surface area contributed by atoms with E-state index in [-0.39, 0.29) is 6.61 Å². The molecule has 0 spiro atoms. The van der Waals surface area contributed by atoms with Crippen molar-refractivity contribution in [2.75, 3.05) is 6.61 Å². The van der Waals surface area contributed by atoms with Gasteiger partial charge in [0.2, 0.25) is 0 Å². The van der Waals surface area contributed by atoms with Crippen LogP contribution in [0.1, 0.15) is 33.1 Å². The summed E-state index contributed by atoms with van der Waals surface area (Å²) in [4.78, 5) is 11.1. The van der Waals surface area contributed by atoms with Gasteiger partial charge in [-0.15, -0.1) is 0 Å². The zero-order valence-electron chi connectivity index (χ0n) is 8.19. The number of carbonyl (C=O) groups is 1.